The van der Waals surface area contributed by atoms with Crippen LogP contribution in [0, 0.1) is 17.2 Å². The lowest BCUT2D eigenvalue weighted by Crippen LogP contribution is -2.36. The summed E-state index contributed by atoms with van der Waals surface area (Å²) in [5.74, 6) is 0.780. The average Bonchev–Trinajstić information content (AvgIpc) is 3.20. The molecule has 2 rings (SSSR count). The number of nitrogens with zero attached hydrogens (tertiary/aromatic N) is 2. The van der Waals surface area contributed by atoms with E-state index in [0.29, 0.717) is 6.04 Å². The molecule has 18 heavy (non-hydrogen) atoms. The molecule has 3 heteroatoms. The van der Waals surface area contributed by atoms with Gasteiger partial charge in [-0.1, -0.05) is 13.8 Å². The molecule has 1 atom stereocenters. The Hall–Kier alpha value is -0.590. The minimum absolute atomic E-state index is 0.0674. The number of nitriles is 1. The van der Waals surface area contributed by atoms with Crippen molar-refractivity contribution < 1.29 is 0 Å². The van der Waals surface area contributed by atoms with Crippen molar-refractivity contribution in [1.29, 1.82) is 5.26 Å². The van der Waals surface area contributed by atoms with Gasteiger partial charge in [0.15, 0.2) is 0 Å². The van der Waals surface area contributed by atoms with Crippen molar-refractivity contribution in [2.24, 2.45) is 5.92 Å². The summed E-state index contributed by atoms with van der Waals surface area (Å²) in [7, 11) is 0. The summed E-state index contributed by atoms with van der Waals surface area (Å²) in [6.45, 7) is 6.88. The van der Waals surface area contributed by atoms with Gasteiger partial charge in [-0.3, -0.25) is 5.32 Å². The molecule has 0 saturated heterocycles. The van der Waals surface area contributed by atoms with E-state index < -0.39 is 0 Å². The van der Waals surface area contributed by atoms with Crippen LogP contribution < -0.4 is 5.32 Å². The quantitative estimate of drug-likeness (QED) is 0.682. The highest BCUT2D eigenvalue weighted by molar-refractivity contribution is 4.96. The summed E-state index contributed by atoms with van der Waals surface area (Å²) in [4.78, 5) is 2.61. The van der Waals surface area contributed by atoms with Crippen LogP contribution in [0.25, 0.3) is 0 Å². The second-order valence-electron chi connectivity index (χ2n) is 6.36. The highest BCUT2D eigenvalue weighted by Gasteiger charge is 2.30. The number of rotatable bonds is 9. The van der Waals surface area contributed by atoms with Gasteiger partial charge in [-0.25, -0.2) is 0 Å². The molecule has 0 radical (unpaired) electrons. The van der Waals surface area contributed by atoms with Gasteiger partial charge in [-0.15, -0.1) is 0 Å². The van der Waals surface area contributed by atoms with E-state index in [9.17, 15) is 0 Å². The van der Waals surface area contributed by atoms with E-state index in [2.05, 4.69) is 30.1 Å². The van der Waals surface area contributed by atoms with Gasteiger partial charge >= 0.3 is 0 Å². The van der Waals surface area contributed by atoms with Crippen LogP contribution in [-0.2, 0) is 0 Å². The lowest BCUT2D eigenvalue weighted by molar-refractivity contribution is 0.239. The van der Waals surface area contributed by atoms with E-state index in [4.69, 9.17) is 5.26 Å². The highest BCUT2D eigenvalue weighted by Crippen LogP contribution is 2.28. The van der Waals surface area contributed by atoms with Crippen LogP contribution >= 0.6 is 0 Å². The molecule has 2 aliphatic carbocycles. The van der Waals surface area contributed by atoms with Crippen molar-refractivity contribution in [3.63, 3.8) is 0 Å². The van der Waals surface area contributed by atoms with E-state index in [1.807, 2.05) is 0 Å². The molecule has 0 aromatic heterocycles. The number of nitrogens with one attached hydrogen (secondary N) is 1. The largest absolute Gasteiger partial charge is 0.300 e. The molecule has 102 valence electrons. The van der Waals surface area contributed by atoms with Gasteiger partial charge in [0.2, 0.25) is 0 Å². The topological polar surface area (TPSA) is 39.1 Å². The zero-order valence-corrected chi connectivity index (χ0v) is 11.9. The average molecular weight is 249 g/mol. The highest BCUT2D eigenvalue weighted by atomic mass is 15.2. The number of hydrogen-bond donors (Lipinski definition) is 1. The van der Waals surface area contributed by atoms with Crippen molar-refractivity contribution >= 4 is 0 Å². The minimum atomic E-state index is 0.0674. The lowest BCUT2D eigenvalue weighted by Gasteiger charge is -2.24. The van der Waals surface area contributed by atoms with Gasteiger partial charge in [0.1, 0.15) is 0 Å². The molecule has 0 aliphatic heterocycles. The predicted molar refractivity (Wildman–Crippen MR) is 74.2 cm³/mol. The van der Waals surface area contributed by atoms with E-state index in [1.54, 1.807) is 0 Å². The molecule has 0 amide bonds. The second-order valence-corrected chi connectivity index (χ2v) is 6.36. The van der Waals surface area contributed by atoms with Gasteiger partial charge in [0.05, 0.1) is 12.1 Å². The Morgan fingerprint density at radius 3 is 2.33 bits per heavy atom. The molecule has 2 fully saturated rings. The molecule has 0 heterocycles. The van der Waals surface area contributed by atoms with Gasteiger partial charge in [0, 0.05) is 18.6 Å². The maximum Gasteiger partial charge on any atom is 0.0967 e. The normalized spacial score (nSPS) is 21.3. The van der Waals surface area contributed by atoms with Crippen LogP contribution in [0.1, 0.15) is 52.4 Å². The van der Waals surface area contributed by atoms with Gasteiger partial charge in [0.25, 0.3) is 0 Å². The molecular weight excluding hydrogens is 222 g/mol. The Morgan fingerprint density at radius 2 is 1.83 bits per heavy atom. The zero-order chi connectivity index (χ0) is 13.0. The second kappa shape index (κ2) is 6.54. The fourth-order valence-corrected chi connectivity index (χ4v) is 2.36. The van der Waals surface area contributed by atoms with Crippen molar-refractivity contribution in [3.8, 4) is 6.07 Å². The molecule has 2 aliphatic rings. The van der Waals surface area contributed by atoms with E-state index in [1.165, 1.54) is 38.6 Å². The standard InChI is InChI=1S/C15H27N3/c1-12(2)7-9-18(15-5-6-15)10-8-14(11-16)17-13-3-4-13/h12-15,17H,3-10H2,1-2H3. The van der Waals surface area contributed by atoms with Crippen LogP contribution in [0.2, 0.25) is 0 Å². The smallest absolute Gasteiger partial charge is 0.0967 e. The van der Waals surface area contributed by atoms with E-state index in [-0.39, 0.29) is 6.04 Å². The maximum absolute atomic E-state index is 9.16. The van der Waals surface area contributed by atoms with Crippen LogP contribution in [0.4, 0.5) is 0 Å². The first-order valence-corrected chi connectivity index (χ1v) is 7.58. The van der Waals surface area contributed by atoms with Crippen LogP contribution in [-0.4, -0.2) is 36.1 Å². The van der Waals surface area contributed by atoms with Crippen molar-refractivity contribution in [3.05, 3.63) is 0 Å². The van der Waals surface area contributed by atoms with Crippen molar-refractivity contribution in [2.75, 3.05) is 13.1 Å². The third-order valence-corrected chi connectivity index (χ3v) is 3.93. The lowest BCUT2D eigenvalue weighted by atomic mass is 10.1. The molecule has 0 bridgehead atoms. The van der Waals surface area contributed by atoms with Crippen LogP contribution in [0.5, 0.6) is 0 Å². The zero-order valence-electron chi connectivity index (χ0n) is 11.9. The Labute approximate surface area is 112 Å². The first-order valence-electron chi connectivity index (χ1n) is 7.58. The summed E-state index contributed by atoms with van der Waals surface area (Å²) in [6, 6.07) is 3.94. The molecular formula is C15H27N3. The fourth-order valence-electron chi connectivity index (χ4n) is 2.36. The van der Waals surface area contributed by atoms with Gasteiger partial charge in [-0.05, 0) is 51.0 Å². The SMILES string of the molecule is CC(C)CCN(CCC(C#N)NC1CC1)C1CC1. The fraction of sp³-hybridized carbons (Fsp3) is 0.933. The molecule has 0 aromatic rings. The Kier molecular flexibility index (Phi) is 5.03. The first-order chi connectivity index (χ1) is 8.69. The third kappa shape index (κ3) is 4.96. The predicted octanol–water partition coefficient (Wildman–Crippen LogP) is 2.53. The summed E-state index contributed by atoms with van der Waals surface area (Å²) in [5, 5.41) is 12.6. The molecule has 1 unspecified atom stereocenters. The van der Waals surface area contributed by atoms with Crippen LogP contribution in [0.15, 0.2) is 0 Å². The van der Waals surface area contributed by atoms with Crippen LogP contribution in [0.3, 0.4) is 0 Å². The molecule has 2 saturated carbocycles. The third-order valence-electron chi connectivity index (χ3n) is 3.93. The monoisotopic (exact) mass is 249 g/mol. The summed E-state index contributed by atoms with van der Waals surface area (Å²) in [6.07, 6.45) is 7.53. The summed E-state index contributed by atoms with van der Waals surface area (Å²) < 4.78 is 0. The number of hydrogen-bond acceptors (Lipinski definition) is 3. The Balaban J connectivity index is 1.68. The summed E-state index contributed by atoms with van der Waals surface area (Å²) in [5.41, 5.74) is 0. The molecule has 0 spiro atoms. The van der Waals surface area contributed by atoms with Crippen molar-refractivity contribution in [2.45, 2.75) is 70.5 Å². The van der Waals surface area contributed by atoms with Gasteiger partial charge in [-0.2, -0.15) is 5.26 Å². The summed E-state index contributed by atoms with van der Waals surface area (Å²) >= 11 is 0. The van der Waals surface area contributed by atoms with E-state index >= 15 is 0 Å². The molecule has 1 N–H and O–H groups in total. The molecule has 3 nitrogen and oxygen atoms in total. The van der Waals surface area contributed by atoms with E-state index in [0.717, 1.165) is 24.9 Å². The maximum atomic E-state index is 9.16. The minimum Gasteiger partial charge on any atom is -0.300 e. The molecule has 0 aromatic carbocycles. The Bertz CT molecular complexity index is 287. The Morgan fingerprint density at radius 1 is 1.17 bits per heavy atom. The van der Waals surface area contributed by atoms with Crippen molar-refractivity contribution in [1.82, 2.24) is 10.2 Å². The van der Waals surface area contributed by atoms with Gasteiger partial charge < -0.3 is 4.90 Å². The first kappa shape index (κ1) is 13.8.